The summed E-state index contributed by atoms with van der Waals surface area (Å²) in [6.45, 7) is 6.46. The molecule has 0 radical (unpaired) electrons. The van der Waals surface area contributed by atoms with Crippen molar-refractivity contribution in [2.45, 2.75) is 26.2 Å². The van der Waals surface area contributed by atoms with Crippen molar-refractivity contribution >= 4 is 10.9 Å². The average Bonchev–Trinajstić information content (AvgIpc) is 3.04. The van der Waals surface area contributed by atoms with Gasteiger partial charge in [-0.3, -0.25) is 0 Å². The van der Waals surface area contributed by atoms with Gasteiger partial charge in [-0.15, -0.1) is 0 Å². The van der Waals surface area contributed by atoms with Crippen LogP contribution in [0.15, 0.2) is 115 Å². The number of aromatic nitrogens is 2. The van der Waals surface area contributed by atoms with Crippen molar-refractivity contribution in [2.75, 3.05) is 14.2 Å². The fourth-order valence-corrected chi connectivity index (χ4v) is 5.50. The van der Waals surface area contributed by atoms with Crippen LogP contribution in [0, 0.1) is 0 Å². The third kappa shape index (κ3) is 5.01. The molecule has 0 saturated heterocycles. The average molecular weight is 551 g/mol. The van der Waals surface area contributed by atoms with Gasteiger partial charge in [0.25, 0.3) is 0 Å². The highest BCUT2D eigenvalue weighted by Gasteiger charge is 2.27. The molecule has 4 heteroatoms. The third-order valence-corrected chi connectivity index (χ3v) is 7.60. The van der Waals surface area contributed by atoms with E-state index in [1.165, 1.54) is 0 Å². The van der Waals surface area contributed by atoms with E-state index >= 15 is 0 Å². The maximum absolute atomic E-state index is 5.52. The zero-order valence-corrected chi connectivity index (χ0v) is 24.7. The van der Waals surface area contributed by atoms with E-state index in [2.05, 4.69) is 106 Å². The van der Waals surface area contributed by atoms with E-state index in [1.807, 2.05) is 30.5 Å². The van der Waals surface area contributed by atoms with Gasteiger partial charge >= 0.3 is 0 Å². The fourth-order valence-electron chi connectivity index (χ4n) is 5.50. The Morgan fingerprint density at radius 3 is 1.38 bits per heavy atom. The molecule has 0 spiro atoms. The van der Waals surface area contributed by atoms with E-state index in [9.17, 15) is 0 Å². The van der Waals surface area contributed by atoms with Crippen molar-refractivity contribution in [2.24, 2.45) is 0 Å². The summed E-state index contributed by atoms with van der Waals surface area (Å²) in [7, 11) is 3.39. The topological polar surface area (TPSA) is 44.2 Å². The summed E-state index contributed by atoms with van der Waals surface area (Å²) in [6, 6.07) is 37.8. The van der Waals surface area contributed by atoms with Gasteiger partial charge in [0.15, 0.2) is 0 Å². The highest BCUT2D eigenvalue weighted by Crippen LogP contribution is 2.50. The van der Waals surface area contributed by atoms with Crippen LogP contribution >= 0.6 is 0 Å². The SMILES string of the molecule is COc1ccc(-c2c(-c3ccccc3)c(-c3ccccc3)c(-c3ccc(OC)cc3)c3nc(C(C)(C)C)ncc23)cc1. The van der Waals surface area contributed by atoms with Crippen LogP contribution < -0.4 is 9.47 Å². The molecule has 0 aliphatic heterocycles. The van der Waals surface area contributed by atoms with Gasteiger partial charge in [-0.2, -0.15) is 0 Å². The van der Waals surface area contributed by atoms with Crippen LogP contribution in [0.1, 0.15) is 26.6 Å². The molecule has 4 nitrogen and oxygen atoms in total. The number of nitrogens with zero attached hydrogens (tertiary/aromatic N) is 2. The molecule has 0 fully saturated rings. The van der Waals surface area contributed by atoms with Crippen LogP contribution in [0.3, 0.4) is 0 Å². The summed E-state index contributed by atoms with van der Waals surface area (Å²) in [5.74, 6) is 2.43. The van der Waals surface area contributed by atoms with Crippen LogP contribution in [-0.2, 0) is 5.41 Å². The molecular formula is C38H34N2O2. The van der Waals surface area contributed by atoms with E-state index in [1.54, 1.807) is 14.2 Å². The molecule has 0 aliphatic rings. The van der Waals surface area contributed by atoms with Crippen molar-refractivity contribution in [3.63, 3.8) is 0 Å². The Morgan fingerprint density at radius 2 is 0.929 bits per heavy atom. The largest absolute Gasteiger partial charge is 0.497 e. The molecule has 0 bridgehead atoms. The predicted molar refractivity (Wildman–Crippen MR) is 173 cm³/mol. The molecule has 208 valence electrons. The molecule has 42 heavy (non-hydrogen) atoms. The van der Waals surface area contributed by atoms with Crippen molar-refractivity contribution in [3.8, 4) is 56.0 Å². The molecule has 0 unspecified atom stereocenters. The second kappa shape index (κ2) is 11.1. The molecule has 1 aromatic heterocycles. The lowest BCUT2D eigenvalue weighted by molar-refractivity contribution is 0.415. The number of methoxy groups -OCH3 is 2. The maximum Gasteiger partial charge on any atom is 0.134 e. The van der Waals surface area contributed by atoms with Crippen LogP contribution in [-0.4, -0.2) is 24.2 Å². The van der Waals surface area contributed by atoms with E-state index < -0.39 is 0 Å². The highest BCUT2D eigenvalue weighted by molar-refractivity contribution is 6.16. The summed E-state index contributed by atoms with van der Waals surface area (Å²) in [6.07, 6.45) is 2.01. The number of ether oxygens (including phenoxy) is 2. The monoisotopic (exact) mass is 550 g/mol. The quantitative estimate of drug-likeness (QED) is 0.207. The van der Waals surface area contributed by atoms with Crippen LogP contribution in [0.4, 0.5) is 0 Å². The van der Waals surface area contributed by atoms with E-state index in [0.29, 0.717) is 0 Å². The van der Waals surface area contributed by atoms with Gasteiger partial charge in [0.05, 0.1) is 19.7 Å². The smallest absolute Gasteiger partial charge is 0.134 e. The molecule has 0 aliphatic carbocycles. The van der Waals surface area contributed by atoms with Gasteiger partial charge < -0.3 is 9.47 Å². The van der Waals surface area contributed by atoms with Crippen molar-refractivity contribution in [1.29, 1.82) is 0 Å². The molecule has 0 N–H and O–H groups in total. The van der Waals surface area contributed by atoms with Gasteiger partial charge in [0, 0.05) is 33.7 Å². The lowest BCUT2D eigenvalue weighted by Crippen LogP contribution is -2.16. The zero-order valence-electron chi connectivity index (χ0n) is 24.7. The number of fused-ring (bicyclic) bond motifs is 1. The second-order valence-corrected chi connectivity index (χ2v) is 11.4. The Kier molecular flexibility index (Phi) is 7.22. The first-order valence-electron chi connectivity index (χ1n) is 14.2. The first kappa shape index (κ1) is 27.2. The molecule has 6 rings (SSSR count). The number of hydrogen-bond acceptors (Lipinski definition) is 4. The van der Waals surface area contributed by atoms with Gasteiger partial charge in [0.2, 0.25) is 0 Å². The lowest BCUT2D eigenvalue weighted by atomic mass is 9.80. The zero-order chi connectivity index (χ0) is 29.3. The summed E-state index contributed by atoms with van der Waals surface area (Å²) < 4.78 is 11.0. The second-order valence-electron chi connectivity index (χ2n) is 11.4. The van der Waals surface area contributed by atoms with Crippen molar-refractivity contribution < 1.29 is 9.47 Å². The number of rotatable bonds is 6. The van der Waals surface area contributed by atoms with E-state index in [0.717, 1.165) is 72.7 Å². The Morgan fingerprint density at radius 1 is 0.500 bits per heavy atom. The molecule has 1 heterocycles. The minimum atomic E-state index is -0.226. The third-order valence-electron chi connectivity index (χ3n) is 7.60. The summed E-state index contributed by atoms with van der Waals surface area (Å²) in [4.78, 5) is 10.3. The minimum Gasteiger partial charge on any atom is -0.497 e. The van der Waals surface area contributed by atoms with Gasteiger partial charge in [-0.05, 0) is 52.1 Å². The lowest BCUT2D eigenvalue weighted by Gasteiger charge is -2.25. The van der Waals surface area contributed by atoms with Crippen LogP contribution in [0.2, 0.25) is 0 Å². The van der Waals surface area contributed by atoms with E-state index in [-0.39, 0.29) is 5.41 Å². The molecule has 6 aromatic rings. The Hall–Kier alpha value is -4.96. The molecule has 0 saturated carbocycles. The standard InChI is InChI=1S/C38H34N2O2/c1-38(2,3)37-39-24-31-32(27-16-20-29(41-4)21-17-27)33(25-12-8-6-9-13-25)34(26-14-10-7-11-15-26)35(36(31)40-37)28-18-22-30(42-5)23-19-28/h6-24H,1-5H3. The molecular weight excluding hydrogens is 516 g/mol. The molecule has 0 amide bonds. The highest BCUT2D eigenvalue weighted by atomic mass is 16.5. The van der Waals surface area contributed by atoms with E-state index in [4.69, 9.17) is 19.4 Å². The van der Waals surface area contributed by atoms with Gasteiger partial charge in [0.1, 0.15) is 17.3 Å². The first-order valence-corrected chi connectivity index (χ1v) is 14.2. The molecule has 0 atom stereocenters. The first-order chi connectivity index (χ1) is 20.4. The van der Waals surface area contributed by atoms with Gasteiger partial charge in [-0.25, -0.2) is 9.97 Å². The predicted octanol–water partition coefficient (Wildman–Crippen LogP) is 9.61. The molecule has 5 aromatic carbocycles. The van der Waals surface area contributed by atoms with Crippen LogP contribution in [0.5, 0.6) is 11.5 Å². The normalized spacial score (nSPS) is 11.5. The Balaban J connectivity index is 1.87. The fraction of sp³-hybridized carbons (Fsp3) is 0.158. The number of benzene rings is 5. The Labute approximate surface area is 247 Å². The summed E-state index contributed by atoms with van der Waals surface area (Å²) in [5.41, 5.74) is 9.51. The van der Waals surface area contributed by atoms with Crippen LogP contribution in [0.25, 0.3) is 55.4 Å². The number of hydrogen-bond donors (Lipinski definition) is 0. The van der Waals surface area contributed by atoms with Gasteiger partial charge in [-0.1, -0.05) is 106 Å². The summed E-state index contributed by atoms with van der Waals surface area (Å²) in [5, 5.41) is 0.998. The minimum absolute atomic E-state index is 0.226. The Bertz CT molecular complexity index is 1840. The van der Waals surface area contributed by atoms with Crippen molar-refractivity contribution in [3.05, 3.63) is 121 Å². The maximum atomic E-state index is 5.52. The summed E-state index contributed by atoms with van der Waals surface area (Å²) >= 11 is 0. The van der Waals surface area contributed by atoms with Crippen molar-refractivity contribution in [1.82, 2.24) is 9.97 Å².